The van der Waals surface area contributed by atoms with E-state index in [0.29, 0.717) is 12.4 Å². The monoisotopic (exact) mass is 427 g/mol. The lowest BCUT2D eigenvalue weighted by Crippen LogP contribution is -2.44. The lowest BCUT2D eigenvalue weighted by atomic mass is 10.0. The van der Waals surface area contributed by atoms with Crippen molar-refractivity contribution < 1.29 is 9.18 Å². The zero-order valence-corrected chi connectivity index (χ0v) is 18.1. The molecule has 2 aromatic rings. The van der Waals surface area contributed by atoms with Crippen LogP contribution in [-0.4, -0.2) is 60.0 Å². The summed E-state index contributed by atoms with van der Waals surface area (Å²) >= 11 is 0. The molecule has 2 aliphatic rings. The highest BCUT2D eigenvalue weighted by atomic mass is 19.1. The molecule has 0 radical (unpaired) electrons. The lowest BCUT2D eigenvalue weighted by Gasteiger charge is -2.35. The summed E-state index contributed by atoms with van der Waals surface area (Å²) in [5, 5.41) is 6.22. The Bertz CT molecular complexity index is 945. The fraction of sp³-hybridized carbons (Fsp3) is 0.500. The highest BCUT2D eigenvalue weighted by molar-refractivity contribution is 5.78. The number of likely N-dealkylation sites (N-methyl/N-ethyl adjacent to an activating group) is 1. The van der Waals surface area contributed by atoms with Gasteiger partial charge in [-0.3, -0.25) is 4.79 Å². The summed E-state index contributed by atoms with van der Waals surface area (Å²) in [6, 6.07) is 5.93. The van der Waals surface area contributed by atoms with Crippen LogP contribution in [0.3, 0.4) is 0 Å². The number of nitrogens with two attached hydrogens (primary N) is 1. The van der Waals surface area contributed by atoms with Crippen LogP contribution >= 0.6 is 0 Å². The van der Waals surface area contributed by atoms with Gasteiger partial charge in [-0.15, -0.1) is 0 Å². The van der Waals surface area contributed by atoms with E-state index in [1.807, 2.05) is 12.1 Å². The van der Waals surface area contributed by atoms with Gasteiger partial charge in [0.1, 0.15) is 0 Å². The number of amides is 1. The number of benzene rings is 1. The van der Waals surface area contributed by atoms with E-state index in [9.17, 15) is 9.18 Å². The highest BCUT2D eigenvalue weighted by Gasteiger charge is 2.32. The minimum absolute atomic E-state index is 0.0847. The van der Waals surface area contributed by atoms with E-state index < -0.39 is 5.82 Å². The average molecular weight is 428 g/mol. The second-order valence-corrected chi connectivity index (χ2v) is 8.50. The van der Waals surface area contributed by atoms with Crippen LogP contribution in [0.2, 0.25) is 0 Å². The van der Waals surface area contributed by atoms with E-state index in [0.717, 1.165) is 56.5 Å². The standard InChI is InChI=1S/C22H30FN7O/c1-14-12-15(6-7-19(14)30-10-8-29(2)9-11-30)26-22-25-13-17(23)21(28-22)27-18-5-3-4-16(18)20(24)31/h6-7,12-13,16,18H,3-5,8-11H2,1-2H3,(H2,24,31)(H2,25,26,27,28)/t16-,18+/m0/s1. The van der Waals surface area contributed by atoms with E-state index in [-0.39, 0.29) is 23.7 Å². The summed E-state index contributed by atoms with van der Waals surface area (Å²) < 4.78 is 14.3. The fourth-order valence-electron chi connectivity index (χ4n) is 4.44. The van der Waals surface area contributed by atoms with Gasteiger partial charge in [0.2, 0.25) is 11.9 Å². The Kier molecular flexibility index (Phi) is 6.22. The van der Waals surface area contributed by atoms with Gasteiger partial charge < -0.3 is 26.2 Å². The number of hydrogen-bond donors (Lipinski definition) is 3. The van der Waals surface area contributed by atoms with Gasteiger partial charge in [-0.05, 0) is 50.6 Å². The molecule has 166 valence electrons. The number of aromatic nitrogens is 2. The fourth-order valence-corrected chi connectivity index (χ4v) is 4.44. The van der Waals surface area contributed by atoms with Crippen LogP contribution in [0.4, 0.5) is 27.5 Å². The van der Waals surface area contributed by atoms with E-state index in [1.54, 1.807) is 0 Å². The normalized spacial score (nSPS) is 21.8. The largest absolute Gasteiger partial charge is 0.369 e. The minimum atomic E-state index is -0.553. The first kappa shape index (κ1) is 21.3. The first-order chi connectivity index (χ1) is 14.9. The third kappa shape index (κ3) is 4.87. The van der Waals surface area contributed by atoms with Crippen molar-refractivity contribution in [3.8, 4) is 0 Å². The molecule has 0 bridgehead atoms. The van der Waals surface area contributed by atoms with Crippen molar-refractivity contribution in [3.05, 3.63) is 35.8 Å². The van der Waals surface area contributed by atoms with Crippen LogP contribution in [-0.2, 0) is 4.79 Å². The topological polar surface area (TPSA) is 99.4 Å². The van der Waals surface area contributed by atoms with Crippen molar-refractivity contribution >= 4 is 29.0 Å². The number of hydrogen-bond acceptors (Lipinski definition) is 7. The number of carbonyl (C=O) groups excluding carboxylic acids is 1. The van der Waals surface area contributed by atoms with Crippen LogP contribution in [0.1, 0.15) is 24.8 Å². The van der Waals surface area contributed by atoms with Crippen LogP contribution in [0.5, 0.6) is 0 Å². The zero-order valence-electron chi connectivity index (χ0n) is 18.1. The molecular formula is C22H30FN7O. The van der Waals surface area contributed by atoms with Gasteiger partial charge in [-0.2, -0.15) is 4.98 Å². The van der Waals surface area contributed by atoms with Crippen LogP contribution in [0.15, 0.2) is 24.4 Å². The molecule has 2 heterocycles. The molecule has 2 fully saturated rings. The SMILES string of the molecule is Cc1cc(Nc2ncc(F)c(N[C@@H]3CCC[C@@H]3C(N)=O)n2)ccc1N1CCN(C)CC1. The van der Waals surface area contributed by atoms with Crippen LogP contribution < -0.4 is 21.3 Å². The molecule has 4 rings (SSSR count). The third-order valence-electron chi connectivity index (χ3n) is 6.24. The smallest absolute Gasteiger partial charge is 0.229 e. The van der Waals surface area contributed by atoms with Gasteiger partial charge in [0.25, 0.3) is 0 Å². The maximum atomic E-state index is 14.3. The second kappa shape index (κ2) is 9.05. The summed E-state index contributed by atoms with van der Waals surface area (Å²) in [4.78, 5) is 24.7. The van der Waals surface area contributed by atoms with Gasteiger partial charge >= 0.3 is 0 Å². The number of nitrogens with zero attached hydrogens (tertiary/aromatic N) is 4. The van der Waals surface area contributed by atoms with E-state index in [2.05, 4.69) is 50.4 Å². The summed E-state index contributed by atoms with van der Waals surface area (Å²) in [5.41, 5.74) is 8.69. The molecule has 2 atom stereocenters. The number of anilines is 4. The number of primary amides is 1. The second-order valence-electron chi connectivity index (χ2n) is 8.50. The van der Waals surface area contributed by atoms with Crippen molar-refractivity contribution in [1.29, 1.82) is 0 Å². The van der Waals surface area contributed by atoms with Crippen molar-refractivity contribution in [2.75, 3.05) is 48.8 Å². The minimum Gasteiger partial charge on any atom is -0.369 e. The van der Waals surface area contributed by atoms with Gasteiger partial charge in [0.15, 0.2) is 11.6 Å². The number of rotatable bonds is 6. The molecular weight excluding hydrogens is 397 g/mol. The Hall–Kier alpha value is -2.94. The molecule has 1 saturated carbocycles. The maximum Gasteiger partial charge on any atom is 0.229 e. The van der Waals surface area contributed by atoms with E-state index in [4.69, 9.17) is 5.73 Å². The molecule has 1 aliphatic carbocycles. The molecule has 0 unspecified atom stereocenters. The number of piperazine rings is 1. The highest BCUT2D eigenvalue weighted by Crippen LogP contribution is 2.30. The molecule has 8 nitrogen and oxygen atoms in total. The molecule has 4 N–H and O–H groups in total. The maximum absolute atomic E-state index is 14.3. The lowest BCUT2D eigenvalue weighted by molar-refractivity contribution is -0.121. The Morgan fingerprint density at radius 3 is 2.71 bits per heavy atom. The van der Waals surface area contributed by atoms with Crippen molar-refractivity contribution in [2.24, 2.45) is 11.7 Å². The molecule has 1 aliphatic heterocycles. The summed E-state index contributed by atoms with van der Waals surface area (Å²) in [6.07, 6.45) is 3.48. The Morgan fingerprint density at radius 1 is 1.23 bits per heavy atom. The van der Waals surface area contributed by atoms with Gasteiger partial charge in [-0.25, -0.2) is 9.37 Å². The van der Waals surface area contributed by atoms with Crippen LogP contribution in [0.25, 0.3) is 0 Å². The molecule has 1 aromatic carbocycles. The summed E-state index contributed by atoms with van der Waals surface area (Å²) in [7, 11) is 2.14. The Morgan fingerprint density at radius 2 is 2.00 bits per heavy atom. The number of carbonyl (C=O) groups is 1. The summed E-state index contributed by atoms with van der Waals surface area (Å²) in [6.45, 7) is 6.20. The Balaban J connectivity index is 1.46. The van der Waals surface area contributed by atoms with Crippen LogP contribution in [0, 0.1) is 18.7 Å². The zero-order chi connectivity index (χ0) is 22.0. The Labute approximate surface area is 182 Å². The number of aryl methyl sites for hydroxylation is 1. The third-order valence-corrected chi connectivity index (χ3v) is 6.24. The van der Waals surface area contributed by atoms with Gasteiger partial charge in [0.05, 0.1) is 12.1 Å². The van der Waals surface area contributed by atoms with Crippen molar-refractivity contribution in [2.45, 2.75) is 32.2 Å². The first-order valence-electron chi connectivity index (χ1n) is 10.8. The number of nitrogens with one attached hydrogen (secondary N) is 2. The molecule has 31 heavy (non-hydrogen) atoms. The quantitative estimate of drug-likeness (QED) is 0.651. The molecule has 1 aromatic heterocycles. The molecule has 0 spiro atoms. The van der Waals surface area contributed by atoms with E-state index in [1.165, 1.54) is 5.69 Å². The average Bonchev–Trinajstić information content (AvgIpc) is 3.20. The van der Waals surface area contributed by atoms with E-state index >= 15 is 0 Å². The van der Waals surface area contributed by atoms with Gasteiger partial charge in [0, 0.05) is 43.6 Å². The predicted octanol–water partition coefficient (Wildman–Crippen LogP) is 2.49. The molecule has 1 saturated heterocycles. The van der Waals surface area contributed by atoms with Crippen molar-refractivity contribution in [3.63, 3.8) is 0 Å². The summed E-state index contributed by atoms with van der Waals surface area (Å²) in [5.74, 6) is -0.845. The van der Waals surface area contributed by atoms with Gasteiger partial charge in [-0.1, -0.05) is 6.42 Å². The molecule has 1 amide bonds. The van der Waals surface area contributed by atoms with Crippen molar-refractivity contribution in [1.82, 2.24) is 14.9 Å². The molecule has 9 heteroatoms. The predicted molar refractivity (Wildman–Crippen MR) is 120 cm³/mol. The first-order valence-corrected chi connectivity index (χ1v) is 10.8. The number of halogens is 1.